The minimum atomic E-state index is 0.290. The fourth-order valence-electron chi connectivity index (χ4n) is 3.01. The minimum absolute atomic E-state index is 0.290. The molecule has 0 aliphatic carbocycles. The van der Waals surface area contributed by atoms with Crippen molar-refractivity contribution in [2.24, 2.45) is 5.41 Å². The molecule has 0 heterocycles. The lowest BCUT2D eigenvalue weighted by Gasteiger charge is -2.18. The normalized spacial score (nSPS) is 11.3. The first kappa shape index (κ1) is 20.2. The van der Waals surface area contributed by atoms with Crippen LogP contribution in [0.2, 0.25) is 0 Å². The van der Waals surface area contributed by atoms with Crippen LogP contribution in [-0.2, 0) is 12.8 Å². The van der Waals surface area contributed by atoms with Gasteiger partial charge in [-0.15, -0.1) is 0 Å². The Morgan fingerprint density at radius 2 is 1.58 bits per heavy atom. The minimum Gasteiger partial charge on any atom is -0.494 e. The Morgan fingerprint density at radius 3 is 2.27 bits per heavy atom. The summed E-state index contributed by atoms with van der Waals surface area (Å²) in [4.78, 5) is 0. The van der Waals surface area contributed by atoms with Crippen LogP contribution < -0.4 is 14.2 Å². The molecule has 3 nitrogen and oxygen atoms in total. The maximum Gasteiger partial charge on any atom is 0.160 e. The highest BCUT2D eigenvalue weighted by atomic mass is 16.5. The van der Waals surface area contributed by atoms with Crippen LogP contribution >= 0.6 is 0 Å². The smallest absolute Gasteiger partial charge is 0.160 e. The van der Waals surface area contributed by atoms with Crippen LogP contribution in [0.1, 0.15) is 44.7 Å². The second-order valence-corrected chi connectivity index (χ2v) is 7.88. The van der Waals surface area contributed by atoms with E-state index in [4.69, 9.17) is 14.2 Å². The number of aryl methyl sites for hydroxylation is 1. The molecule has 0 amide bonds. The van der Waals surface area contributed by atoms with E-state index in [0.29, 0.717) is 0 Å². The lowest BCUT2D eigenvalue weighted by molar-refractivity contribution is 0.306. The number of hydrogen-bond donors (Lipinski definition) is 0. The quantitative estimate of drug-likeness (QED) is 0.540. The third-order valence-corrected chi connectivity index (χ3v) is 4.21. The summed E-state index contributed by atoms with van der Waals surface area (Å²) >= 11 is 0. The summed E-state index contributed by atoms with van der Waals surface area (Å²) in [5.74, 6) is 2.53. The van der Waals surface area contributed by atoms with Crippen molar-refractivity contribution in [2.45, 2.75) is 46.5 Å². The number of ether oxygens (including phenoxy) is 3. The highest BCUT2D eigenvalue weighted by Gasteiger charge is 2.11. The van der Waals surface area contributed by atoms with Crippen LogP contribution in [-0.4, -0.2) is 20.8 Å². The van der Waals surface area contributed by atoms with Crippen LogP contribution in [0.15, 0.2) is 42.5 Å². The van der Waals surface area contributed by atoms with Gasteiger partial charge >= 0.3 is 0 Å². The highest BCUT2D eigenvalue weighted by molar-refractivity contribution is 5.42. The van der Waals surface area contributed by atoms with Gasteiger partial charge in [-0.1, -0.05) is 39.0 Å². The predicted molar refractivity (Wildman–Crippen MR) is 108 cm³/mol. The van der Waals surface area contributed by atoms with Crippen molar-refractivity contribution in [3.05, 3.63) is 53.6 Å². The standard InChI is InChI=1S/C23H32O3/c1-23(2,3)17-19-10-8-11-20(15-19)26-14-7-6-9-18-12-13-21(24-4)22(16-18)25-5/h8,10-13,15-16H,6-7,9,14,17H2,1-5H3. The monoisotopic (exact) mass is 356 g/mol. The molecule has 0 atom stereocenters. The molecule has 2 aromatic rings. The van der Waals surface area contributed by atoms with E-state index in [-0.39, 0.29) is 5.41 Å². The maximum atomic E-state index is 5.94. The topological polar surface area (TPSA) is 27.7 Å². The molecule has 0 fully saturated rings. The van der Waals surface area contributed by atoms with Crippen molar-refractivity contribution < 1.29 is 14.2 Å². The van der Waals surface area contributed by atoms with Gasteiger partial charge in [0.05, 0.1) is 20.8 Å². The first-order valence-electron chi connectivity index (χ1n) is 9.34. The number of methoxy groups -OCH3 is 2. The largest absolute Gasteiger partial charge is 0.494 e. The van der Waals surface area contributed by atoms with Gasteiger partial charge < -0.3 is 14.2 Å². The fraction of sp³-hybridized carbons (Fsp3) is 0.478. The molecule has 0 spiro atoms. The van der Waals surface area contributed by atoms with E-state index in [2.05, 4.69) is 51.1 Å². The molecular weight excluding hydrogens is 324 g/mol. The molecule has 0 bridgehead atoms. The maximum absolute atomic E-state index is 5.94. The third-order valence-electron chi connectivity index (χ3n) is 4.21. The molecule has 0 unspecified atom stereocenters. The van der Waals surface area contributed by atoms with Gasteiger partial charge in [0.1, 0.15) is 5.75 Å². The predicted octanol–water partition coefficient (Wildman–Crippen LogP) is 5.69. The third kappa shape index (κ3) is 6.62. The van der Waals surface area contributed by atoms with Gasteiger partial charge in [-0.05, 0) is 66.5 Å². The van der Waals surface area contributed by atoms with E-state index in [1.807, 2.05) is 12.1 Å². The molecular formula is C23H32O3. The molecule has 0 aliphatic rings. The Bertz CT molecular complexity index is 686. The van der Waals surface area contributed by atoms with Gasteiger partial charge in [-0.3, -0.25) is 0 Å². The summed E-state index contributed by atoms with van der Waals surface area (Å²) in [6.45, 7) is 7.52. The molecule has 0 N–H and O–H groups in total. The van der Waals surface area contributed by atoms with Crippen molar-refractivity contribution in [3.8, 4) is 17.2 Å². The Balaban J connectivity index is 1.76. The first-order chi connectivity index (χ1) is 12.4. The number of unbranched alkanes of at least 4 members (excludes halogenated alkanes) is 1. The van der Waals surface area contributed by atoms with Gasteiger partial charge in [0.15, 0.2) is 11.5 Å². The molecule has 3 heteroatoms. The Labute approximate surface area is 158 Å². The highest BCUT2D eigenvalue weighted by Crippen LogP contribution is 2.28. The number of benzene rings is 2. The van der Waals surface area contributed by atoms with Gasteiger partial charge in [0.2, 0.25) is 0 Å². The van der Waals surface area contributed by atoms with E-state index in [1.54, 1.807) is 14.2 Å². The molecule has 0 saturated heterocycles. The van der Waals surface area contributed by atoms with E-state index in [1.165, 1.54) is 11.1 Å². The summed E-state index contributed by atoms with van der Waals surface area (Å²) in [7, 11) is 3.33. The summed E-state index contributed by atoms with van der Waals surface area (Å²) in [6.07, 6.45) is 4.17. The zero-order valence-electron chi connectivity index (χ0n) is 16.8. The van der Waals surface area contributed by atoms with Crippen molar-refractivity contribution in [2.75, 3.05) is 20.8 Å². The van der Waals surface area contributed by atoms with Crippen LogP contribution in [0.4, 0.5) is 0 Å². The van der Waals surface area contributed by atoms with Crippen molar-refractivity contribution in [3.63, 3.8) is 0 Å². The van der Waals surface area contributed by atoms with Crippen LogP contribution in [0.25, 0.3) is 0 Å². The Kier molecular flexibility index (Phi) is 7.38. The molecule has 0 saturated carbocycles. The number of rotatable bonds is 9. The van der Waals surface area contributed by atoms with Crippen LogP contribution in [0.5, 0.6) is 17.2 Å². The second-order valence-electron chi connectivity index (χ2n) is 7.88. The molecule has 0 radical (unpaired) electrons. The molecule has 0 aromatic heterocycles. The lowest BCUT2D eigenvalue weighted by atomic mass is 9.88. The summed E-state index contributed by atoms with van der Waals surface area (Å²) < 4.78 is 16.6. The van der Waals surface area contributed by atoms with E-state index >= 15 is 0 Å². The zero-order valence-corrected chi connectivity index (χ0v) is 16.8. The molecule has 2 rings (SSSR count). The summed E-state index contributed by atoms with van der Waals surface area (Å²) in [5.41, 5.74) is 2.88. The van der Waals surface area contributed by atoms with Gasteiger partial charge in [-0.25, -0.2) is 0 Å². The Morgan fingerprint density at radius 1 is 0.808 bits per heavy atom. The van der Waals surface area contributed by atoms with E-state index in [9.17, 15) is 0 Å². The van der Waals surface area contributed by atoms with Crippen molar-refractivity contribution in [1.29, 1.82) is 0 Å². The average Bonchev–Trinajstić information content (AvgIpc) is 2.60. The van der Waals surface area contributed by atoms with Gasteiger partial charge in [0, 0.05) is 0 Å². The average molecular weight is 357 g/mol. The molecule has 142 valence electrons. The summed E-state index contributed by atoms with van der Waals surface area (Å²) in [6, 6.07) is 14.6. The van der Waals surface area contributed by atoms with Crippen molar-refractivity contribution in [1.82, 2.24) is 0 Å². The van der Waals surface area contributed by atoms with E-state index in [0.717, 1.165) is 49.5 Å². The number of hydrogen-bond acceptors (Lipinski definition) is 3. The van der Waals surface area contributed by atoms with E-state index < -0.39 is 0 Å². The SMILES string of the molecule is COc1ccc(CCCCOc2cccc(CC(C)(C)C)c2)cc1OC. The van der Waals surface area contributed by atoms with Gasteiger partial charge in [-0.2, -0.15) is 0 Å². The molecule has 26 heavy (non-hydrogen) atoms. The second kappa shape index (κ2) is 9.51. The Hall–Kier alpha value is -2.16. The molecule has 2 aromatic carbocycles. The van der Waals surface area contributed by atoms with Crippen LogP contribution in [0.3, 0.4) is 0 Å². The van der Waals surface area contributed by atoms with Gasteiger partial charge in [0.25, 0.3) is 0 Å². The van der Waals surface area contributed by atoms with Crippen molar-refractivity contribution >= 4 is 0 Å². The zero-order chi connectivity index (χ0) is 19.0. The van der Waals surface area contributed by atoms with Crippen LogP contribution in [0, 0.1) is 5.41 Å². The lowest BCUT2D eigenvalue weighted by Crippen LogP contribution is -2.09. The first-order valence-corrected chi connectivity index (χ1v) is 9.34. The molecule has 0 aliphatic heterocycles. The summed E-state index contributed by atoms with van der Waals surface area (Å²) in [5, 5.41) is 0. The fourth-order valence-corrected chi connectivity index (χ4v) is 3.01.